The smallest absolute Gasteiger partial charge is 0.253 e. The Morgan fingerprint density at radius 1 is 1.13 bits per heavy atom. The third kappa shape index (κ3) is 4.82. The maximum atomic E-state index is 12.6. The molecule has 2 aromatic rings. The minimum atomic E-state index is -0.173. The zero-order valence-corrected chi connectivity index (χ0v) is 17.6. The summed E-state index contributed by atoms with van der Waals surface area (Å²) in [6, 6.07) is 10.9. The number of rotatable bonds is 5. The van der Waals surface area contributed by atoms with E-state index in [0.29, 0.717) is 30.2 Å². The second-order valence-electron chi connectivity index (χ2n) is 8.06. The molecule has 0 aliphatic carbocycles. The first-order chi connectivity index (χ1) is 14.5. The highest BCUT2D eigenvalue weighted by Crippen LogP contribution is 2.39. The number of aromatic nitrogens is 1. The van der Waals surface area contributed by atoms with Crippen LogP contribution in [0.1, 0.15) is 41.6 Å². The summed E-state index contributed by atoms with van der Waals surface area (Å²) in [5.41, 5.74) is 1.33. The molecule has 0 radical (unpaired) electrons. The summed E-state index contributed by atoms with van der Waals surface area (Å²) in [5, 5.41) is 3.59. The van der Waals surface area contributed by atoms with Crippen molar-refractivity contribution in [3.8, 4) is 0 Å². The Bertz CT molecular complexity index is 898. The van der Waals surface area contributed by atoms with Gasteiger partial charge < -0.3 is 15.0 Å². The maximum Gasteiger partial charge on any atom is 0.253 e. The molecule has 30 heavy (non-hydrogen) atoms. The second kappa shape index (κ2) is 9.14. The lowest BCUT2D eigenvalue weighted by molar-refractivity contribution is -0.122. The number of carbonyl (C=O) groups is 2. The number of nitrogens with zero attached hydrogens (tertiary/aromatic N) is 2. The molecule has 2 aliphatic rings. The lowest BCUT2D eigenvalue weighted by Gasteiger charge is -2.39. The Hall–Kier alpha value is -2.44. The minimum absolute atomic E-state index is 0.0163. The molecule has 7 heteroatoms. The van der Waals surface area contributed by atoms with Gasteiger partial charge in [0.1, 0.15) is 0 Å². The summed E-state index contributed by atoms with van der Waals surface area (Å²) in [5.74, 6) is -0.000880. The summed E-state index contributed by atoms with van der Waals surface area (Å²) in [6.45, 7) is 1.88. The Balaban J connectivity index is 1.23. The third-order valence-electron chi connectivity index (χ3n) is 6.06. The van der Waals surface area contributed by atoms with Crippen LogP contribution >= 0.6 is 11.6 Å². The third-order valence-corrected chi connectivity index (χ3v) is 6.43. The van der Waals surface area contributed by atoms with Crippen LogP contribution in [-0.2, 0) is 16.0 Å². The van der Waals surface area contributed by atoms with Crippen molar-refractivity contribution in [3.63, 3.8) is 0 Å². The van der Waals surface area contributed by atoms with Crippen LogP contribution in [0.2, 0.25) is 5.02 Å². The van der Waals surface area contributed by atoms with Gasteiger partial charge in [0.25, 0.3) is 5.91 Å². The van der Waals surface area contributed by atoms with Gasteiger partial charge in [-0.15, -0.1) is 0 Å². The summed E-state index contributed by atoms with van der Waals surface area (Å²) in [7, 11) is 0. The van der Waals surface area contributed by atoms with Crippen LogP contribution in [0.3, 0.4) is 0 Å². The topological polar surface area (TPSA) is 71.5 Å². The molecule has 1 aromatic carbocycles. The fourth-order valence-electron chi connectivity index (χ4n) is 4.31. The zero-order chi connectivity index (χ0) is 21.0. The van der Waals surface area contributed by atoms with Crippen molar-refractivity contribution in [2.75, 3.05) is 19.6 Å². The van der Waals surface area contributed by atoms with Crippen molar-refractivity contribution in [2.24, 2.45) is 0 Å². The molecule has 1 spiro atoms. The molecule has 2 aliphatic heterocycles. The van der Waals surface area contributed by atoms with E-state index in [4.69, 9.17) is 16.3 Å². The first-order valence-electron chi connectivity index (χ1n) is 10.4. The van der Waals surface area contributed by atoms with E-state index in [2.05, 4.69) is 10.3 Å². The van der Waals surface area contributed by atoms with Gasteiger partial charge in [0.2, 0.25) is 5.91 Å². The lowest BCUT2D eigenvalue weighted by atomic mass is 9.88. The maximum absolute atomic E-state index is 12.6. The molecule has 4 rings (SSSR count). The SMILES string of the molecule is O=C(Cc1ccccc1Cl)NCC1CCC2(CCN(C(=O)c3ccncc3)CC2)O1. The first kappa shape index (κ1) is 20.8. The predicted molar refractivity (Wildman–Crippen MR) is 114 cm³/mol. The van der Waals surface area contributed by atoms with Gasteiger partial charge in [-0.05, 0) is 49.4 Å². The van der Waals surface area contributed by atoms with Crippen molar-refractivity contribution in [2.45, 2.75) is 43.8 Å². The Kier molecular flexibility index (Phi) is 6.35. The molecule has 2 fully saturated rings. The van der Waals surface area contributed by atoms with Gasteiger partial charge in [-0.3, -0.25) is 14.6 Å². The number of benzene rings is 1. The van der Waals surface area contributed by atoms with Gasteiger partial charge in [0.15, 0.2) is 0 Å². The van der Waals surface area contributed by atoms with Crippen LogP contribution in [-0.4, -0.2) is 53.0 Å². The number of hydrogen-bond acceptors (Lipinski definition) is 4. The number of hydrogen-bond donors (Lipinski definition) is 1. The molecule has 158 valence electrons. The van der Waals surface area contributed by atoms with Gasteiger partial charge in [0, 0.05) is 42.6 Å². The van der Waals surface area contributed by atoms with E-state index in [0.717, 1.165) is 31.2 Å². The largest absolute Gasteiger partial charge is 0.370 e. The van der Waals surface area contributed by atoms with Gasteiger partial charge in [0.05, 0.1) is 18.1 Å². The van der Waals surface area contributed by atoms with Gasteiger partial charge in [-0.2, -0.15) is 0 Å². The number of piperidine rings is 1. The van der Waals surface area contributed by atoms with Gasteiger partial charge in [-0.25, -0.2) is 0 Å². The number of halogens is 1. The molecule has 1 N–H and O–H groups in total. The molecule has 3 heterocycles. The molecular weight excluding hydrogens is 402 g/mol. The van der Waals surface area contributed by atoms with E-state index in [1.54, 1.807) is 30.6 Å². The van der Waals surface area contributed by atoms with Crippen LogP contribution in [0.5, 0.6) is 0 Å². The van der Waals surface area contributed by atoms with E-state index >= 15 is 0 Å². The molecule has 1 aromatic heterocycles. The molecule has 6 nitrogen and oxygen atoms in total. The van der Waals surface area contributed by atoms with Crippen molar-refractivity contribution >= 4 is 23.4 Å². The molecule has 2 amide bonds. The number of nitrogens with one attached hydrogen (secondary N) is 1. The fraction of sp³-hybridized carbons (Fsp3) is 0.435. The highest BCUT2D eigenvalue weighted by atomic mass is 35.5. The highest BCUT2D eigenvalue weighted by molar-refractivity contribution is 6.31. The average molecular weight is 428 g/mol. The second-order valence-corrected chi connectivity index (χ2v) is 8.47. The normalized spacial score (nSPS) is 20.3. The fourth-order valence-corrected chi connectivity index (χ4v) is 4.51. The number of pyridine rings is 1. The molecular formula is C23H26ClN3O3. The van der Waals surface area contributed by atoms with Crippen molar-refractivity contribution in [1.82, 2.24) is 15.2 Å². The molecule has 0 saturated carbocycles. The van der Waals surface area contributed by atoms with E-state index in [1.165, 1.54) is 0 Å². The van der Waals surface area contributed by atoms with Crippen LogP contribution in [0.25, 0.3) is 0 Å². The summed E-state index contributed by atoms with van der Waals surface area (Å²) in [4.78, 5) is 30.7. The van der Waals surface area contributed by atoms with Crippen LogP contribution in [0, 0.1) is 0 Å². The molecule has 1 unspecified atom stereocenters. The number of amides is 2. The van der Waals surface area contributed by atoms with Crippen LogP contribution < -0.4 is 5.32 Å². The van der Waals surface area contributed by atoms with Crippen molar-refractivity contribution < 1.29 is 14.3 Å². The van der Waals surface area contributed by atoms with Gasteiger partial charge in [-0.1, -0.05) is 29.8 Å². The van der Waals surface area contributed by atoms with Crippen molar-refractivity contribution in [1.29, 1.82) is 0 Å². The van der Waals surface area contributed by atoms with Crippen LogP contribution in [0.4, 0.5) is 0 Å². The number of carbonyl (C=O) groups excluding carboxylic acids is 2. The standard InChI is InChI=1S/C23H26ClN3O3/c24-20-4-2-1-3-18(20)15-21(28)26-16-19-5-8-23(30-19)9-13-27(14-10-23)22(29)17-6-11-25-12-7-17/h1-4,6-7,11-12,19H,5,8-10,13-16H2,(H,26,28). The van der Waals surface area contributed by atoms with Gasteiger partial charge >= 0.3 is 0 Å². The van der Waals surface area contributed by atoms with E-state index in [1.807, 2.05) is 23.1 Å². The Labute approximate surface area is 181 Å². The van der Waals surface area contributed by atoms with E-state index in [9.17, 15) is 9.59 Å². The first-order valence-corrected chi connectivity index (χ1v) is 10.8. The average Bonchev–Trinajstić information content (AvgIpc) is 3.17. The quantitative estimate of drug-likeness (QED) is 0.795. The Morgan fingerprint density at radius 3 is 2.60 bits per heavy atom. The zero-order valence-electron chi connectivity index (χ0n) is 16.9. The summed E-state index contributed by atoms with van der Waals surface area (Å²) < 4.78 is 6.36. The summed E-state index contributed by atoms with van der Waals surface area (Å²) >= 11 is 6.13. The number of ether oxygens (including phenoxy) is 1. The van der Waals surface area contributed by atoms with Crippen molar-refractivity contribution in [3.05, 3.63) is 64.9 Å². The summed E-state index contributed by atoms with van der Waals surface area (Å²) in [6.07, 6.45) is 7.11. The lowest BCUT2D eigenvalue weighted by Crippen LogP contribution is -2.47. The minimum Gasteiger partial charge on any atom is -0.370 e. The van der Waals surface area contributed by atoms with E-state index < -0.39 is 0 Å². The monoisotopic (exact) mass is 427 g/mol. The molecule has 1 atom stereocenters. The molecule has 0 bridgehead atoms. The Morgan fingerprint density at radius 2 is 1.87 bits per heavy atom. The predicted octanol–water partition coefficient (Wildman–Crippen LogP) is 3.25. The highest BCUT2D eigenvalue weighted by Gasteiger charge is 2.43. The number of likely N-dealkylation sites (tertiary alicyclic amines) is 1. The molecule has 2 saturated heterocycles. The van der Waals surface area contributed by atoms with Crippen LogP contribution in [0.15, 0.2) is 48.8 Å². The van der Waals surface area contributed by atoms with E-state index in [-0.39, 0.29) is 29.9 Å².